The highest BCUT2D eigenvalue weighted by molar-refractivity contribution is 5.69. The second kappa shape index (κ2) is 10.6. The molecule has 0 bridgehead atoms. The van der Waals surface area contributed by atoms with Crippen LogP contribution in [0.25, 0.3) is 11.4 Å². The van der Waals surface area contributed by atoms with Crippen molar-refractivity contribution in [3.63, 3.8) is 0 Å². The fourth-order valence-corrected chi connectivity index (χ4v) is 4.35. The first kappa shape index (κ1) is 23.6. The Morgan fingerprint density at radius 1 is 1.22 bits per heavy atom. The smallest absolute Gasteiger partial charge is 0.275 e. The predicted octanol–water partition coefficient (Wildman–Crippen LogP) is 2.40. The second-order valence-corrected chi connectivity index (χ2v) is 8.65. The summed E-state index contributed by atoms with van der Waals surface area (Å²) in [5, 5.41) is 6.74. The van der Waals surface area contributed by atoms with Crippen molar-refractivity contribution in [3.8, 4) is 23.2 Å². The molecular formula is C27H30N8O. The largest absolute Gasteiger partial charge is 0.369 e. The van der Waals surface area contributed by atoms with Crippen molar-refractivity contribution in [3.05, 3.63) is 69.7 Å². The molecule has 0 atom stereocenters. The summed E-state index contributed by atoms with van der Waals surface area (Å²) in [4.78, 5) is 31.4. The lowest BCUT2D eigenvalue weighted by atomic mass is 10.1. The van der Waals surface area contributed by atoms with Gasteiger partial charge in [-0.05, 0) is 31.5 Å². The molecule has 0 unspecified atom stereocenters. The number of aromatic amines is 1. The normalized spacial score (nSPS) is 16.2. The van der Waals surface area contributed by atoms with Crippen LogP contribution in [0.15, 0.2) is 58.0 Å². The monoisotopic (exact) mass is 482 g/mol. The van der Waals surface area contributed by atoms with E-state index in [4.69, 9.17) is 4.98 Å². The molecule has 9 heteroatoms. The van der Waals surface area contributed by atoms with Crippen LogP contribution in [0.3, 0.4) is 0 Å². The summed E-state index contributed by atoms with van der Waals surface area (Å²) < 4.78 is 2.11. The van der Waals surface area contributed by atoms with E-state index < -0.39 is 0 Å². The fourth-order valence-electron chi connectivity index (χ4n) is 4.35. The molecule has 9 nitrogen and oxygen atoms in total. The zero-order chi connectivity index (χ0) is 24.9. The number of nitrogens with one attached hydrogen (secondary N) is 3. The summed E-state index contributed by atoms with van der Waals surface area (Å²) in [6.45, 7) is 9.17. The van der Waals surface area contributed by atoms with Gasteiger partial charge >= 0.3 is 0 Å². The Hall–Kier alpha value is -4.16. The van der Waals surface area contributed by atoms with Gasteiger partial charge in [-0.1, -0.05) is 37.0 Å². The standard InChI is InChI=1S/C27H30N8O/c1-3-5-6-19(4-2)7-8-20-17-21-18-30-27(33-25(21)35-16-13-29-24(20)35)31-22-9-10-23(32-26(22)36)34-14-11-28-12-15-34/h4-6,9-10,17-18,28-29H,3,11-16H2,1-2H3,(H,32,36)/b6-5-,19-4+,31-27?. The summed E-state index contributed by atoms with van der Waals surface area (Å²) in [5.41, 5.74) is 3.04. The molecule has 1 saturated heterocycles. The van der Waals surface area contributed by atoms with Gasteiger partial charge in [0.15, 0.2) is 0 Å². The van der Waals surface area contributed by atoms with Crippen LogP contribution in [0.4, 0.5) is 17.3 Å². The first-order valence-electron chi connectivity index (χ1n) is 12.4. The summed E-state index contributed by atoms with van der Waals surface area (Å²) in [7, 11) is 0. The number of pyridine rings is 2. The van der Waals surface area contributed by atoms with Crippen LogP contribution in [0.5, 0.6) is 0 Å². The van der Waals surface area contributed by atoms with E-state index in [0.29, 0.717) is 0 Å². The van der Waals surface area contributed by atoms with Crippen molar-refractivity contribution in [2.75, 3.05) is 42.9 Å². The lowest BCUT2D eigenvalue weighted by Gasteiger charge is -2.28. The number of hydrogen-bond acceptors (Lipinski definition) is 7. The Morgan fingerprint density at radius 3 is 2.86 bits per heavy atom. The summed E-state index contributed by atoms with van der Waals surface area (Å²) in [6.07, 6.45) is 8.87. The van der Waals surface area contributed by atoms with Crippen LogP contribution < -0.4 is 26.7 Å². The molecule has 4 aliphatic heterocycles. The van der Waals surface area contributed by atoms with Gasteiger partial charge in [0.05, 0.1) is 5.56 Å². The molecule has 4 aliphatic rings. The Bertz CT molecular complexity index is 1480. The molecular weight excluding hydrogens is 452 g/mol. The van der Waals surface area contributed by atoms with Gasteiger partial charge in [-0.15, -0.1) is 0 Å². The number of H-pyrrole nitrogens is 1. The molecule has 1 aromatic heterocycles. The van der Waals surface area contributed by atoms with E-state index in [9.17, 15) is 4.79 Å². The molecule has 0 aromatic carbocycles. The predicted molar refractivity (Wildman–Crippen MR) is 143 cm³/mol. The molecule has 0 aliphatic carbocycles. The first-order valence-corrected chi connectivity index (χ1v) is 12.4. The van der Waals surface area contributed by atoms with Gasteiger partial charge in [0.2, 0.25) is 0 Å². The summed E-state index contributed by atoms with van der Waals surface area (Å²) >= 11 is 0. The quantitative estimate of drug-likeness (QED) is 0.390. The molecule has 0 saturated carbocycles. The van der Waals surface area contributed by atoms with Crippen molar-refractivity contribution >= 4 is 17.3 Å². The number of hydrogen-bond donors (Lipinski definition) is 3. The maximum absolute atomic E-state index is 12.7. The number of nitrogens with zero attached hydrogens (tertiary/aromatic N) is 5. The number of anilines is 2. The van der Waals surface area contributed by atoms with Crippen LogP contribution in [0.2, 0.25) is 0 Å². The molecule has 184 valence electrons. The maximum atomic E-state index is 12.7. The Morgan fingerprint density at radius 2 is 2.08 bits per heavy atom. The summed E-state index contributed by atoms with van der Waals surface area (Å²) in [5.74, 6) is 9.07. The highest BCUT2D eigenvalue weighted by atomic mass is 16.1. The molecule has 3 N–H and O–H groups in total. The van der Waals surface area contributed by atoms with Crippen molar-refractivity contribution in [1.82, 2.24) is 24.8 Å². The van der Waals surface area contributed by atoms with Crippen molar-refractivity contribution in [2.24, 2.45) is 4.99 Å². The minimum Gasteiger partial charge on any atom is -0.369 e. The minimum absolute atomic E-state index is 0.253. The molecule has 0 spiro atoms. The van der Waals surface area contributed by atoms with E-state index in [2.05, 4.69) is 59.9 Å². The van der Waals surface area contributed by atoms with Crippen LogP contribution in [-0.4, -0.2) is 52.2 Å². The zero-order valence-corrected chi connectivity index (χ0v) is 20.6. The highest BCUT2D eigenvalue weighted by Crippen LogP contribution is 2.29. The number of allylic oxidation sites excluding steroid dienone is 4. The molecule has 1 fully saturated rings. The number of piperazine rings is 1. The average Bonchev–Trinajstić information content (AvgIpc) is 3.41. The SMILES string of the molecule is C/C=C(C#Cc1cc2cnc(=Nc3ccc(N4CCNCC4)[nH]c3=O)nc-2n2c1NCC2)\C=C/CC. The zero-order valence-electron chi connectivity index (χ0n) is 20.6. The van der Waals surface area contributed by atoms with Crippen LogP contribution in [0.1, 0.15) is 25.8 Å². The number of aromatic nitrogens is 4. The first-order chi connectivity index (χ1) is 17.7. The van der Waals surface area contributed by atoms with Gasteiger partial charge in [0.1, 0.15) is 23.1 Å². The topological polar surface area (TPSA) is 103 Å². The Kier molecular flexibility index (Phi) is 6.96. The van der Waals surface area contributed by atoms with E-state index >= 15 is 0 Å². The Labute approximate surface area is 210 Å². The highest BCUT2D eigenvalue weighted by Gasteiger charge is 2.20. The Balaban J connectivity index is 1.50. The second-order valence-electron chi connectivity index (χ2n) is 8.65. The average molecular weight is 483 g/mol. The van der Waals surface area contributed by atoms with Gasteiger partial charge < -0.3 is 25.1 Å². The van der Waals surface area contributed by atoms with Crippen molar-refractivity contribution in [2.45, 2.75) is 26.8 Å². The molecule has 0 radical (unpaired) electrons. The molecule has 36 heavy (non-hydrogen) atoms. The molecule has 0 amide bonds. The van der Waals surface area contributed by atoms with E-state index in [1.54, 1.807) is 12.3 Å². The third kappa shape index (κ3) is 4.95. The lowest BCUT2D eigenvalue weighted by molar-refractivity contribution is 0.584. The third-order valence-corrected chi connectivity index (χ3v) is 6.23. The summed E-state index contributed by atoms with van der Waals surface area (Å²) in [6, 6.07) is 5.62. The minimum atomic E-state index is -0.253. The van der Waals surface area contributed by atoms with Gasteiger partial charge in [0.25, 0.3) is 11.2 Å². The van der Waals surface area contributed by atoms with Crippen molar-refractivity contribution < 1.29 is 0 Å². The van der Waals surface area contributed by atoms with Crippen molar-refractivity contribution in [1.29, 1.82) is 0 Å². The van der Waals surface area contributed by atoms with Gasteiger partial charge in [0, 0.05) is 56.6 Å². The van der Waals surface area contributed by atoms with Crippen LogP contribution in [0, 0.1) is 11.8 Å². The maximum Gasteiger partial charge on any atom is 0.275 e. The molecule has 1 aromatic rings. The van der Waals surface area contributed by atoms with Gasteiger partial charge in [-0.25, -0.2) is 9.98 Å². The lowest BCUT2D eigenvalue weighted by Crippen LogP contribution is -2.44. The third-order valence-electron chi connectivity index (χ3n) is 6.23. The number of rotatable bonds is 4. The van der Waals surface area contributed by atoms with Crippen LogP contribution in [-0.2, 0) is 6.54 Å². The van der Waals surface area contributed by atoms with Gasteiger partial charge in [-0.2, -0.15) is 4.98 Å². The van der Waals surface area contributed by atoms with E-state index in [1.165, 1.54) is 0 Å². The molecule has 5 rings (SSSR count). The van der Waals surface area contributed by atoms with Crippen LogP contribution >= 0.6 is 0 Å². The molecule has 5 heterocycles. The van der Waals surface area contributed by atoms with E-state index in [1.807, 2.05) is 31.2 Å². The van der Waals surface area contributed by atoms with E-state index in [-0.39, 0.29) is 16.9 Å². The van der Waals surface area contributed by atoms with E-state index in [0.717, 1.165) is 79.8 Å². The van der Waals surface area contributed by atoms with Gasteiger partial charge in [-0.3, -0.25) is 4.79 Å². The fraction of sp³-hybridized carbons (Fsp3) is 0.333. The number of fused-ring (bicyclic) bond motifs is 3.